The minimum Gasteiger partial charge on any atom is -0.496 e. The van der Waals surface area contributed by atoms with Gasteiger partial charge in [-0.25, -0.2) is 0 Å². The molecule has 0 aliphatic rings. The molecule has 2 rings (SSSR count). The molecule has 0 N–H and O–H groups in total. The van der Waals surface area contributed by atoms with Crippen molar-refractivity contribution >= 4 is 11.9 Å². The highest BCUT2D eigenvalue weighted by Crippen LogP contribution is 2.30. The normalized spacial score (nSPS) is 10.6. The van der Waals surface area contributed by atoms with E-state index in [0.717, 1.165) is 22.6 Å². The Balaban J connectivity index is 2.26. The van der Waals surface area contributed by atoms with E-state index in [2.05, 4.69) is 6.58 Å². The molecule has 0 radical (unpaired) electrons. The van der Waals surface area contributed by atoms with Crippen molar-refractivity contribution in [2.45, 2.75) is 13.3 Å². The van der Waals surface area contributed by atoms with Gasteiger partial charge in [-0.2, -0.15) is 0 Å². The number of ketones is 1. The third-order valence-corrected chi connectivity index (χ3v) is 3.86. The molecule has 0 aromatic heterocycles. The highest BCUT2D eigenvalue weighted by molar-refractivity contribution is 6.07. The summed E-state index contributed by atoms with van der Waals surface area (Å²) in [4.78, 5) is 12.4. The molecule has 0 atom stereocenters. The average molecular weight is 352 g/mol. The van der Waals surface area contributed by atoms with Gasteiger partial charge in [0.1, 0.15) is 17.2 Å². The van der Waals surface area contributed by atoms with Crippen LogP contribution >= 0.6 is 0 Å². The average Bonchev–Trinajstić information content (AvgIpc) is 2.67. The van der Waals surface area contributed by atoms with Crippen LogP contribution in [0.15, 0.2) is 55.1 Å². The van der Waals surface area contributed by atoms with Crippen molar-refractivity contribution in [3.8, 4) is 17.2 Å². The van der Waals surface area contributed by atoms with Crippen LogP contribution in [-0.2, 0) is 6.42 Å². The second-order valence-corrected chi connectivity index (χ2v) is 5.55. The minimum absolute atomic E-state index is 0.0869. The molecule has 0 bridgehead atoms. The van der Waals surface area contributed by atoms with Gasteiger partial charge in [0.2, 0.25) is 0 Å². The zero-order chi connectivity index (χ0) is 18.9. The van der Waals surface area contributed by atoms with Crippen LogP contribution in [0.3, 0.4) is 0 Å². The van der Waals surface area contributed by atoms with Crippen LogP contribution in [0.25, 0.3) is 6.08 Å². The molecule has 4 nitrogen and oxygen atoms in total. The highest BCUT2D eigenvalue weighted by Gasteiger charge is 2.09. The van der Waals surface area contributed by atoms with E-state index in [1.165, 1.54) is 6.08 Å². The van der Waals surface area contributed by atoms with E-state index in [-0.39, 0.29) is 5.78 Å². The standard InChI is InChI=1S/C22H24O4/c1-5-7-17-14-18(22(25-4)15-21(17)24-3)10-13-20(23)16-8-11-19(12-9-16)26-6-2/h5,8-15H,1,6-7H2,2-4H3/b13-10+. The lowest BCUT2D eigenvalue weighted by molar-refractivity contribution is 0.104. The van der Waals surface area contributed by atoms with E-state index in [1.54, 1.807) is 44.6 Å². The van der Waals surface area contributed by atoms with Gasteiger partial charge in [-0.15, -0.1) is 6.58 Å². The fourth-order valence-electron chi connectivity index (χ4n) is 2.58. The molecule has 0 aliphatic heterocycles. The number of methoxy groups -OCH3 is 2. The molecule has 4 heteroatoms. The van der Waals surface area contributed by atoms with Crippen LogP contribution in [0.4, 0.5) is 0 Å². The number of allylic oxidation sites excluding steroid dienone is 2. The quantitative estimate of drug-likeness (QED) is 0.372. The number of ether oxygens (including phenoxy) is 3. The molecule has 0 saturated heterocycles. The Labute approximate surface area is 154 Å². The van der Waals surface area contributed by atoms with Gasteiger partial charge in [0, 0.05) is 17.2 Å². The van der Waals surface area contributed by atoms with E-state index in [1.807, 2.05) is 25.1 Å². The number of carbonyl (C=O) groups is 1. The van der Waals surface area contributed by atoms with Gasteiger partial charge in [-0.3, -0.25) is 4.79 Å². The monoisotopic (exact) mass is 352 g/mol. The van der Waals surface area contributed by atoms with Crippen molar-refractivity contribution in [3.63, 3.8) is 0 Å². The van der Waals surface area contributed by atoms with Gasteiger partial charge >= 0.3 is 0 Å². The summed E-state index contributed by atoms with van der Waals surface area (Å²) >= 11 is 0. The maximum atomic E-state index is 12.4. The molecule has 2 aromatic rings. The Morgan fingerprint density at radius 1 is 1.08 bits per heavy atom. The number of rotatable bonds is 9. The van der Waals surface area contributed by atoms with Crippen LogP contribution in [-0.4, -0.2) is 26.6 Å². The number of benzene rings is 2. The van der Waals surface area contributed by atoms with Gasteiger partial charge in [0.25, 0.3) is 0 Å². The van der Waals surface area contributed by atoms with Gasteiger partial charge in [-0.1, -0.05) is 6.08 Å². The summed E-state index contributed by atoms with van der Waals surface area (Å²) in [6.07, 6.45) is 5.77. The van der Waals surface area contributed by atoms with Crippen LogP contribution < -0.4 is 14.2 Å². The van der Waals surface area contributed by atoms with Crippen LogP contribution in [0, 0.1) is 0 Å². The van der Waals surface area contributed by atoms with Crippen molar-refractivity contribution in [3.05, 3.63) is 71.8 Å². The second kappa shape index (κ2) is 9.47. The lowest BCUT2D eigenvalue weighted by atomic mass is 10.0. The Bertz CT molecular complexity index is 789. The van der Waals surface area contributed by atoms with Gasteiger partial charge in [-0.05, 0) is 61.4 Å². The molecule has 0 saturated carbocycles. The van der Waals surface area contributed by atoms with Crippen molar-refractivity contribution in [2.75, 3.05) is 20.8 Å². The first-order chi connectivity index (χ1) is 12.6. The molecular weight excluding hydrogens is 328 g/mol. The largest absolute Gasteiger partial charge is 0.496 e. The molecule has 0 amide bonds. The predicted molar refractivity (Wildman–Crippen MR) is 104 cm³/mol. The minimum atomic E-state index is -0.0869. The Hall–Kier alpha value is -3.01. The summed E-state index contributed by atoms with van der Waals surface area (Å²) in [6, 6.07) is 10.9. The summed E-state index contributed by atoms with van der Waals surface area (Å²) in [7, 11) is 3.21. The van der Waals surface area contributed by atoms with E-state index in [9.17, 15) is 4.79 Å². The molecule has 0 heterocycles. The highest BCUT2D eigenvalue weighted by atomic mass is 16.5. The molecule has 0 unspecified atom stereocenters. The summed E-state index contributed by atoms with van der Waals surface area (Å²) in [5, 5.41) is 0. The maximum absolute atomic E-state index is 12.4. The maximum Gasteiger partial charge on any atom is 0.185 e. The number of carbonyl (C=O) groups excluding carboxylic acids is 1. The van der Waals surface area contributed by atoms with E-state index >= 15 is 0 Å². The summed E-state index contributed by atoms with van der Waals surface area (Å²) < 4.78 is 16.2. The molecule has 0 spiro atoms. The summed E-state index contributed by atoms with van der Waals surface area (Å²) in [6.45, 7) is 6.28. The van der Waals surface area contributed by atoms with Gasteiger partial charge in [0.15, 0.2) is 5.78 Å². The van der Waals surface area contributed by atoms with E-state index in [4.69, 9.17) is 14.2 Å². The van der Waals surface area contributed by atoms with Gasteiger partial charge in [0.05, 0.1) is 20.8 Å². The zero-order valence-electron chi connectivity index (χ0n) is 15.5. The molecule has 136 valence electrons. The fourth-order valence-corrected chi connectivity index (χ4v) is 2.58. The first-order valence-corrected chi connectivity index (χ1v) is 8.44. The van der Waals surface area contributed by atoms with Crippen molar-refractivity contribution in [1.82, 2.24) is 0 Å². The van der Waals surface area contributed by atoms with Gasteiger partial charge < -0.3 is 14.2 Å². The summed E-state index contributed by atoms with van der Waals surface area (Å²) in [5.74, 6) is 2.04. The lowest BCUT2D eigenvalue weighted by Crippen LogP contribution is -1.97. The zero-order valence-corrected chi connectivity index (χ0v) is 15.5. The molecule has 0 fully saturated rings. The number of hydrogen-bond acceptors (Lipinski definition) is 4. The topological polar surface area (TPSA) is 44.8 Å². The Morgan fingerprint density at radius 2 is 1.77 bits per heavy atom. The number of hydrogen-bond donors (Lipinski definition) is 0. The predicted octanol–water partition coefficient (Wildman–Crippen LogP) is 4.73. The van der Waals surface area contributed by atoms with E-state index in [0.29, 0.717) is 24.3 Å². The molecule has 26 heavy (non-hydrogen) atoms. The SMILES string of the molecule is C=CCc1cc(/C=C/C(=O)c2ccc(OCC)cc2)c(OC)cc1OC. The lowest BCUT2D eigenvalue weighted by Gasteiger charge is -2.12. The van der Waals surface area contributed by atoms with Crippen LogP contribution in [0.5, 0.6) is 17.2 Å². The Kier molecular flexibility index (Phi) is 7.03. The second-order valence-electron chi connectivity index (χ2n) is 5.55. The van der Waals surface area contributed by atoms with Crippen molar-refractivity contribution < 1.29 is 19.0 Å². The first-order valence-electron chi connectivity index (χ1n) is 8.44. The van der Waals surface area contributed by atoms with E-state index < -0.39 is 0 Å². The summed E-state index contributed by atoms with van der Waals surface area (Å²) in [5.41, 5.74) is 2.39. The van der Waals surface area contributed by atoms with Crippen molar-refractivity contribution in [2.24, 2.45) is 0 Å². The molecule has 0 aliphatic carbocycles. The fraction of sp³-hybridized carbons (Fsp3) is 0.227. The Morgan fingerprint density at radius 3 is 2.35 bits per heavy atom. The molecular formula is C22H24O4. The smallest absolute Gasteiger partial charge is 0.185 e. The first kappa shape index (κ1) is 19.3. The molecule has 2 aromatic carbocycles. The van der Waals surface area contributed by atoms with Crippen molar-refractivity contribution in [1.29, 1.82) is 0 Å². The van der Waals surface area contributed by atoms with Crippen LogP contribution in [0.1, 0.15) is 28.4 Å². The van der Waals surface area contributed by atoms with Crippen LogP contribution in [0.2, 0.25) is 0 Å². The third-order valence-electron chi connectivity index (χ3n) is 3.86. The third kappa shape index (κ3) is 4.76.